The summed E-state index contributed by atoms with van der Waals surface area (Å²) in [7, 11) is 0. The number of ketones is 1. The predicted octanol–water partition coefficient (Wildman–Crippen LogP) is 2.63. The van der Waals surface area contributed by atoms with Gasteiger partial charge in [-0.1, -0.05) is 11.6 Å². The maximum absolute atomic E-state index is 11.2. The standard InChI is InChI=1S/C10H14O/c1-3-5-8(2)9-6-4-7-10(9)11/h3H,1,4-7H2,2H3/b9-8+. The van der Waals surface area contributed by atoms with Gasteiger partial charge in [-0.2, -0.15) is 0 Å². The number of rotatable bonds is 2. The van der Waals surface area contributed by atoms with Crippen molar-refractivity contribution < 1.29 is 4.79 Å². The highest BCUT2D eigenvalue weighted by molar-refractivity contribution is 5.98. The molecule has 0 spiro atoms. The van der Waals surface area contributed by atoms with Crippen LogP contribution in [0.4, 0.5) is 0 Å². The first kappa shape index (κ1) is 8.25. The third-order valence-corrected chi connectivity index (χ3v) is 2.13. The zero-order valence-corrected chi connectivity index (χ0v) is 7.02. The van der Waals surface area contributed by atoms with E-state index < -0.39 is 0 Å². The van der Waals surface area contributed by atoms with Crippen molar-refractivity contribution in [2.75, 3.05) is 0 Å². The molecule has 0 aromatic rings. The van der Waals surface area contributed by atoms with E-state index in [9.17, 15) is 4.79 Å². The molecule has 0 aliphatic heterocycles. The van der Waals surface area contributed by atoms with E-state index >= 15 is 0 Å². The number of carbonyl (C=O) groups is 1. The fourth-order valence-corrected chi connectivity index (χ4v) is 1.51. The second-order valence-electron chi connectivity index (χ2n) is 3.03. The zero-order chi connectivity index (χ0) is 8.27. The summed E-state index contributed by atoms with van der Waals surface area (Å²) in [6, 6.07) is 0. The van der Waals surface area contributed by atoms with E-state index in [0.717, 1.165) is 31.3 Å². The van der Waals surface area contributed by atoms with Crippen molar-refractivity contribution in [2.45, 2.75) is 32.6 Å². The van der Waals surface area contributed by atoms with Crippen molar-refractivity contribution in [3.63, 3.8) is 0 Å². The molecule has 0 N–H and O–H groups in total. The van der Waals surface area contributed by atoms with Crippen LogP contribution in [0.1, 0.15) is 32.6 Å². The first-order valence-corrected chi connectivity index (χ1v) is 4.08. The van der Waals surface area contributed by atoms with Gasteiger partial charge >= 0.3 is 0 Å². The van der Waals surface area contributed by atoms with Gasteiger partial charge in [0.05, 0.1) is 0 Å². The largest absolute Gasteiger partial charge is 0.295 e. The van der Waals surface area contributed by atoms with Crippen molar-refractivity contribution in [3.8, 4) is 0 Å². The topological polar surface area (TPSA) is 17.1 Å². The predicted molar refractivity (Wildman–Crippen MR) is 46.4 cm³/mol. The van der Waals surface area contributed by atoms with Crippen LogP contribution in [-0.2, 0) is 4.79 Å². The molecular weight excluding hydrogens is 136 g/mol. The molecule has 0 radical (unpaired) electrons. The number of hydrogen-bond donors (Lipinski definition) is 0. The number of carbonyl (C=O) groups excluding carboxylic acids is 1. The number of Topliss-reactive ketones (excluding diaryl/α,β-unsaturated/α-hetero) is 1. The summed E-state index contributed by atoms with van der Waals surface area (Å²) in [5.41, 5.74) is 2.27. The number of allylic oxidation sites excluding steroid dienone is 3. The van der Waals surface area contributed by atoms with E-state index in [2.05, 4.69) is 6.58 Å². The highest BCUT2D eigenvalue weighted by Crippen LogP contribution is 2.24. The Kier molecular flexibility index (Phi) is 2.64. The van der Waals surface area contributed by atoms with E-state index in [4.69, 9.17) is 0 Å². The lowest BCUT2D eigenvalue weighted by atomic mass is 10.1. The van der Waals surface area contributed by atoms with Crippen molar-refractivity contribution in [3.05, 3.63) is 23.8 Å². The smallest absolute Gasteiger partial charge is 0.158 e. The zero-order valence-electron chi connectivity index (χ0n) is 7.02. The normalized spacial score (nSPS) is 22.1. The molecule has 1 heteroatoms. The molecule has 0 aromatic carbocycles. The van der Waals surface area contributed by atoms with Crippen molar-refractivity contribution >= 4 is 5.78 Å². The summed E-state index contributed by atoms with van der Waals surface area (Å²) in [6.45, 7) is 5.68. The fourth-order valence-electron chi connectivity index (χ4n) is 1.51. The highest BCUT2D eigenvalue weighted by atomic mass is 16.1. The molecular formula is C10H14O. The minimum atomic E-state index is 0.351. The molecule has 11 heavy (non-hydrogen) atoms. The Bertz CT molecular complexity index is 211. The van der Waals surface area contributed by atoms with Gasteiger partial charge in [0.2, 0.25) is 0 Å². The van der Waals surface area contributed by atoms with Crippen LogP contribution in [0, 0.1) is 0 Å². The third-order valence-electron chi connectivity index (χ3n) is 2.13. The average molecular weight is 150 g/mol. The van der Waals surface area contributed by atoms with E-state index in [-0.39, 0.29) is 0 Å². The minimum absolute atomic E-state index is 0.351. The molecule has 60 valence electrons. The molecule has 1 rings (SSSR count). The van der Waals surface area contributed by atoms with Crippen LogP contribution in [-0.4, -0.2) is 5.78 Å². The van der Waals surface area contributed by atoms with Crippen molar-refractivity contribution in [1.29, 1.82) is 0 Å². The van der Waals surface area contributed by atoms with E-state index in [1.165, 1.54) is 5.57 Å². The fraction of sp³-hybridized carbons (Fsp3) is 0.500. The molecule has 0 bridgehead atoms. The van der Waals surface area contributed by atoms with Crippen LogP contribution in [0.2, 0.25) is 0 Å². The van der Waals surface area contributed by atoms with Crippen LogP contribution in [0.5, 0.6) is 0 Å². The van der Waals surface area contributed by atoms with E-state index in [0.29, 0.717) is 5.78 Å². The summed E-state index contributed by atoms with van der Waals surface area (Å²) in [4.78, 5) is 11.2. The third kappa shape index (κ3) is 1.79. The Labute approximate surface area is 67.8 Å². The second kappa shape index (κ2) is 3.51. The molecule has 0 amide bonds. The second-order valence-corrected chi connectivity index (χ2v) is 3.03. The highest BCUT2D eigenvalue weighted by Gasteiger charge is 2.18. The van der Waals surface area contributed by atoms with Crippen molar-refractivity contribution in [1.82, 2.24) is 0 Å². The molecule has 0 unspecified atom stereocenters. The maximum atomic E-state index is 11.2. The lowest BCUT2D eigenvalue weighted by Gasteiger charge is -1.99. The molecule has 1 aliphatic carbocycles. The molecule has 1 fully saturated rings. The molecule has 0 heterocycles. The van der Waals surface area contributed by atoms with Crippen molar-refractivity contribution in [2.24, 2.45) is 0 Å². The Morgan fingerprint density at radius 2 is 2.36 bits per heavy atom. The Balaban J connectivity index is 2.76. The monoisotopic (exact) mass is 150 g/mol. The maximum Gasteiger partial charge on any atom is 0.158 e. The van der Waals surface area contributed by atoms with Gasteiger partial charge in [-0.05, 0) is 31.8 Å². The summed E-state index contributed by atoms with van der Waals surface area (Å²) >= 11 is 0. The van der Waals surface area contributed by atoms with Gasteiger partial charge in [0.15, 0.2) is 5.78 Å². The van der Waals surface area contributed by atoms with Gasteiger partial charge in [0.1, 0.15) is 0 Å². The summed E-state index contributed by atoms with van der Waals surface area (Å²) in [5, 5.41) is 0. The van der Waals surface area contributed by atoms with Gasteiger partial charge in [0, 0.05) is 6.42 Å². The summed E-state index contributed by atoms with van der Waals surface area (Å²) < 4.78 is 0. The average Bonchev–Trinajstić information content (AvgIpc) is 2.36. The van der Waals surface area contributed by atoms with Gasteiger partial charge in [0.25, 0.3) is 0 Å². The minimum Gasteiger partial charge on any atom is -0.295 e. The first-order chi connectivity index (χ1) is 5.25. The molecule has 1 saturated carbocycles. The SMILES string of the molecule is C=CC/C(C)=C1\CCCC1=O. The van der Waals surface area contributed by atoms with Gasteiger partial charge in [-0.3, -0.25) is 4.79 Å². The molecule has 0 aromatic heterocycles. The van der Waals surface area contributed by atoms with E-state index in [1.807, 2.05) is 13.0 Å². The Hall–Kier alpha value is -0.850. The van der Waals surface area contributed by atoms with Crippen LogP contribution < -0.4 is 0 Å². The molecule has 1 nitrogen and oxygen atoms in total. The lowest BCUT2D eigenvalue weighted by Crippen LogP contribution is -1.94. The molecule has 0 saturated heterocycles. The quantitative estimate of drug-likeness (QED) is 0.437. The van der Waals surface area contributed by atoms with Gasteiger partial charge in [-0.25, -0.2) is 0 Å². The molecule has 0 atom stereocenters. The van der Waals surface area contributed by atoms with Crippen LogP contribution in [0.3, 0.4) is 0 Å². The van der Waals surface area contributed by atoms with Gasteiger partial charge in [-0.15, -0.1) is 6.58 Å². The van der Waals surface area contributed by atoms with Gasteiger partial charge < -0.3 is 0 Å². The first-order valence-electron chi connectivity index (χ1n) is 4.08. The Morgan fingerprint density at radius 1 is 1.64 bits per heavy atom. The van der Waals surface area contributed by atoms with Crippen LogP contribution >= 0.6 is 0 Å². The lowest BCUT2D eigenvalue weighted by molar-refractivity contribution is -0.114. The number of hydrogen-bond acceptors (Lipinski definition) is 1. The van der Waals surface area contributed by atoms with Crippen LogP contribution in [0.15, 0.2) is 23.8 Å². The summed E-state index contributed by atoms with van der Waals surface area (Å²) in [5.74, 6) is 0.351. The molecule has 1 aliphatic rings. The van der Waals surface area contributed by atoms with E-state index in [1.54, 1.807) is 0 Å². The van der Waals surface area contributed by atoms with Crippen LogP contribution in [0.25, 0.3) is 0 Å². The Morgan fingerprint density at radius 3 is 2.82 bits per heavy atom. The summed E-state index contributed by atoms with van der Waals surface area (Å²) in [6.07, 6.45) is 5.50.